The minimum Gasteiger partial charge on any atom is -0.392 e. The van der Waals surface area contributed by atoms with Crippen molar-refractivity contribution in [1.29, 1.82) is 0 Å². The number of amides is 1. The van der Waals surface area contributed by atoms with Crippen LogP contribution in [0.15, 0.2) is 30.3 Å². The molecular formula is C16H23NO2. The van der Waals surface area contributed by atoms with Gasteiger partial charge in [-0.2, -0.15) is 0 Å². The first-order valence-corrected chi connectivity index (χ1v) is 7.17. The molecular weight excluding hydrogens is 238 g/mol. The standard InChI is InChI=1S/C16H23NO2/c1-13(18)12-17-15(19)16(10-6-3-7-11-16)14-8-4-2-5-9-14/h2,4-5,8-9,13,18H,3,6-7,10-12H2,1H3,(H,17,19). The number of aliphatic hydroxyl groups excluding tert-OH is 1. The summed E-state index contributed by atoms with van der Waals surface area (Å²) >= 11 is 0. The van der Waals surface area contributed by atoms with Crippen LogP contribution in [0.3, 0.4) is 0 Å². The molecule has 3 nitrogen and oxygen atoms in total. The quantitative estimate of drug-likeness (QED) is 0.874. The summed E-state index contributed by atoms with van der Waals surface area (Å²) in [6.07, 6.45) is 4.71. The van der Waals surface area contributed by atoms with Gasteiger partial charge in [0.1, 0.15) is 0 Å². The lowest BCUT2D eigenvalue weighted by Crippen LogP contribution is -2.47. The summed E-state index contributed by atoms with van der Waals surface area (Å²) in [5, 5.41) is 12.2. The van der Waals surface area contributed by atoms with Gasteiger partial charge in [-0.3, -0.25) is 4.79 Å². The zero-order chi connectivity index (χ0) is 13.7. The van der Waals surface area contributed by atoms with Crippen LogP contribution in [0.1, 0.15) is 44.6 Å². The highest BCUT2D eigenvalue weighted by atomic mass is 16.3. The van der Waals surface area contributed by atoms with Crippen molar-refractivity contribution in [2.24, 2.45) is 0 Å². The Balaban J connectivity index is 2.22. The average molecular weight is 261 g/mol. The summed E-state index contributed by atoms with van der Waals surface area (Å²) in [5.41, 5.74) is 0.715. The highest BCUT2D eigenvalue weighted by Gasteiger charge is 2.40. The molecule has 19 heavy (non-hydrogen) atoms. The van der Waals surface area contributed by atoms with Gasteiger partial charge in [-0.15, -0.1) is 0 Å². The van der Waals surface area contributed by atoms with E-state index >= 15 is 0 Å². The van der Waals surface area contributed by atoms with Crippen molar-refractivity contribution in [1.82, 2.24) is 5.32 Å². The molecule has 1 aromatic rings. The van der Waals surface area contributed by atoms with Crippen molar-refractivity contribution in [3.05, 3.63) is 35.9 Å². The molecule has 2 N–H and O–H groups in total. The van der Waals surface area contributed by atoms with E-state index in [1.54, 1.807) is 6.92 Å². The molecule has 0 heterocycles. The number of aliphatic hydroxyl groups is 1. The maximum atomic E-state index is 12.6. The molecule has 0 radical (unpaired) electrons. The summed E-state index contributed by atoms with van der Waals surface area (Å²) in [4.78, 5) is 12.6. The first kappa shape index (κ1) is 14.1. The van der Waals surface area contributed by atoms with E-state index in [-0.39, 0.29) is 5.91 Å². The van der Waals surface area contributed by atoms with Crippen LogP contribution in [0.2, 0.25) is 0 Å². The molecule has 1 unspecified atom stereocenters. The van der Waals surface area contributed by atoms with Crippen LogP contribution < -0.4 is 5.32 Å². The maximum Gasteiger partial charge on any atom is 0.230 e. The molecule has 1 atom stereocenters. The van der Waals surface area contributed by atoms with Gasteiger partial charge in [0.25, 0.3) is 0 Å². The summed E-state index contributed by atoms with van der Waals surface area (Å²) < 4.78 is 0. The second-order valence-corrected chi connectivity index (χ2v) is 5.57. The van der Waals surface area contributed by atoms with Gasteiger partial charge in [0.05, 0.1) is 11.5 Å². The Bertz CT molecular complexity index is 408. The Kier molecular flexibility index (Phi) is 4.59. The SMILES string of the molecule is CC(O)CNC(=O)C1(c2ccccc2)CCCCC1. The molecule has 1 amide bonds. The Hall–Kier alpha value is -1.35. The van der Waals surface area contributed by atoms with E-state index in [4.69, 9.17) is 0 Å². The Morgan fingerprint density at radius 1 is 1.26 bits per heavy atom. The topological polar surface area (TPSA) is 49.3 Å². The molecule has 1 aliphatic rings. The number of hydrogen-bond acceptors (Lipinski definition) is 2. The number of hydrogen-bond donors (Lipinski definition) is 2. The number of carbonyl (C=O) groups is 1. The van der Waals surface area contributed by atoms with Gasteiger partial charge in [0.2, 0.25) is 5.91 Å². The third-order valence-electron chi connectivity index (χ3n) is 4.03. The van der Waals surface area contributed by atoms with Crippen LogP contribution in [0, 0.1) is 0 Å². The molecule has 0 aromatic heterocycles. The third-order valence-corrected chi connectivity index (χ3v) is 4.03. The second-order valence-electron chi connectivity index (χ2n) is 5.57. The normalized spacial score (nSPS) is 19.7. The molecule has 0 aliphatic heterocycles. The van der Waals surface area contributed by atoms with Crippen LogP contribution in [0.5, 0.6) is 0 Å². The predicted octanol–water partition coefficient (Wildman–Crippen LogP) is 2.39. The van der Waals surface area contributed by atoms with Crippen molar-refractivity contribution in [3.8, 4) is 0 Å². The number of rotatable bonds is 4. The minimum atomic E-state index is -0.500. The zero-order valence-electron chi connectivity index (χ0n) is 11.6. The highest BCUT2D eigenvalue weighted by molar-refractivity contribution is 5.88. The lowest BCUT2D eigenvalue weighted by Gasteiger charge is -2.36. The minimum absolute atomic E-state index is 0.0688. The van der Waals surface area contributed by atoms with E-state index in [1.165, 1.54) is 6.42 Å². The van der Waals surface area contributed by atoms with E-state index < -0.39 is 11.5 Å². The van der Waals surface area contributed by atoms with Gasteiger partial charge < -0.3 is 10.4 Å². The molecule has 3 heteroatoms. The second kappa shape index (κ2) is 6.20. The average Bonchev–Trinajstić information content (AvgIpc) is 2.46. The smallest absolute Gasteiger partial charge is 0.230 e. The summed E-state index contributed by atoms with van der Waals surface area (Å²) in [6.45, 7) is 2.02. The van der Waals surface area contributed by atoms with E-state index in [0.29, 0.717) is 6.54 Å². The van der Waals surface area contributed by atoms with E-state index in [1.807, 2.05) is 30.3 Å². The number of nitrogens with one attached hydrogen (secondary N) is 1. The molecule has 104 valence electrons. The number of benzene rings is 1. The van der Waals surface area contributed by atoms with Crippen LogP contribution in [-0.2, 0) is 10.2 Å². The van der Waals surface area contributed by atoms with Gasteiger partial charge in [-0.05, 0) is 25.3 Å². The van der Waals surface area contributed by atoms with Gasteiger partial charge in [0, 0.05) is 6.54 Å². The molecule has 0 bridgehead atoms. The van der Waals surface area contributed by atoms with E-state index in [9.17, 15) is 9.90 Å². The maximum absolute atomic E-state index is 12.6. The van der Waals surface area contributed by atoms with Gasteiger partial charge in [-0.25, -0.2) is 0 Å². The Morgan fingerprint density at radius 3 is 2.47 bits per heavy atom. The van der Waals surface area contributed by atoms with Crippen LogP contribution in [-0.4, -0.2) is 23.7 Å². The van der Waals surface area contributed by atoms with Crippen molar-refractivity contribution in [2.45, 2.75) is 50.5 Å². The summed E-state index contributed by atoms with van der Waals surface area (Å²) in [5.74, 6) is 0.0688. The molecule has 1 saturated carbocycles. The van der Waals surface area contributed by atoms with Crippen molar-refractivity contribution < 1.29 is 9.90 Å². The van der Waals surface area contributed by atoms with Crippen LogP contribution in [0.4, 0.5) is 0 Å². The van der Waals surface area contributed by atoms with Crippen molar-refractivity contribution >= 4 is 5.91 Å². The third kappa shape index (κ3) is 3.16. The first-order chi connectivity index (χ1) is 9.15. The Labute approximate surface area is 115 Å². The Morgan fingerprint density at radius 2 is 1.89 bits per heavy atom. The summed E-state index contributed by atoms with van der Waals surface area (Å²) in [6, 6.07) is 10.1. The van der Waals surface area contributed by atoms with Gasteiger partial charge in [0.15, 0.2) is 0 Å². The molecule has 1 aromatic carbocycles. The molecule has 0 saturated heterocycles. The zero-order valence-corrected chi connectivity index (χ0v) is 11.6. The predicted molar refractivity (Wildman–Crippen MR) is 75.9 cm³/mol. The largest absolute Gasteiger partial charge is 0.392 e. The summed E-state index contributed by atoms with van der Waals surface area (Å²) in [7, 11) is 0. The molecule has 1 fully saturated rings. The fourth-order valence-corrected chi connectivity index (χ4v) is 2.97. The van der Waals surface area contributed by atoms with Gasteiger partial charge >= 0.3 is 0 Å². The monoisotopic (exact) mass is 261 g/mol. The van der Waals surface area contributed by atoms with Crippen molar-refractivity contribution in [3.63, 3.8) is 0 Å². The van der Waals surface area contributed by atoms with Crippen LogP contribution >= 0.6 is 0 Å². The fourth-order valence-electron chi connectivity index (χ4n) is 2.97. The van der Waals surface area contributed by atoms with Gasteiger partial charge in [-0.1, -0.05) is 49.6 Å². The fraction of sp³-hybridized carbons (Fsp3) is 0.562. The van der Waals surface area contributed by atoms with E-state index in [0.717, 1.165) is 31.2 Å². The van der Waals surface area contributed by atoms with Crippen molar-refractivity contribution in [2.75, 3.05) is 6.54 Å². The molecule has 2 rings (SSSR count). The van der Waals surface area contributed by atoms with E-state index in [2.05, 4.69) is 5.32 Å². The lowest BCUT2D eigenvalue weighted by molar-refractivity contribution is -0.128. The first-order valence-electron chi connectivity index (χ1n) is 7.17. The lowest BCUT2D eigenvalue weighted by atomic mass is 9.68. The molecule has 1 aliphatic carbocycles. The highest BCUT2D eigenvalue weighted by Crippen LogP contribution is 2.39. The molecule has 0 spiro atoms. The van der Waals surface area contributed by atoms with Crippen LogP contribution in [0.25, 0.3) is 0 Å². The number of carbonyl (C=O) groups excluding carboxylic acids is 1.